The Labute approximate surface area is 68.7 Å². The number of hydrogen-bond acceptors (Lipinski definition) is 4. The molecule has 5 nitrogen and oxygen atoms in total. The summed E-state index contributed by atoms with van der Waals surface area (Å²) in [6.45, 7) is 1.86. The molecule has 5 heteroatoms. The van der Waals surface area contributed by atoms with Gasteiger partial charge in [0.15, 0.2) is 0 Å². The molecule has 0 saturated heterocycles. The number of nitrogens with zero attached hydrogens (tertiary/aromatic N) is 1. The summed E-state index contributed by atoms with van der Waals surface area (Å²) in [5, 5.41) is 17.3. The summed E-state index contributed by atoms with van der Waals surface area (Å²) >= 11 is 0. The van der Waals surface area contributed by atoms with Crippen LogP contribution in [0, 0.1) is 0 Å². The Morgan fingerprint density at radius 2 is 2.50 bits per heavy atom. The molecule has 2 N–H and O–H groups in total. The SMILES string of the molecule is CCc1coc(C(O)C(=O)O)n1. The molecule has 12 heavy (non-hydrogen) atoms. The quantitative estimate of drug-likeness (QED) is 0.685. The zero-order valence-electron chi connectivity index (χ0n) is 6.52. The van der Waals surface area contributed by atoms with Gasteiger partial charge < -0.3 is 14.6 Å². The molecule has 0 aliphatic rings. The van der Waals surface area contributed by atoms with Crippen LogP contribution < -0.4 is 0 Å². The summed E-state index contributed by atoms with van der Waals surface area (Å²) in [7, 11) is 0. The predicted octanol–water partition coefficient (Wildman–Crippen LogP) is 0.355. The second-order valence-corrected chi connectivity index (χ2v) is 2.27. The topological polar surface area (TPSA) is 83.6 Å². The molecule has 1 aromatic rings. The summed E-state index contributed by atoms with van der Waals surface area (Å²) in [4.78, 5) is 14.0. The van der Waals surface area contributed by atoms with Crippen molar-refractivity contribution in [3.05, 3.63) is 17.8 Å². The van der Waals surface area contributed by atoms with Crippen LogP contribution >= 0.6 is 0 Å². The molecule has 1 atom stereocenters. The molecular weight excluding hydrogens is 162 g/mol. The number of aliphatic hydroxyl groups excluding tert-OH is 1. The molecule has 0 bridgehead atoms. The van der Waals surface area contributed by atoms with Gasteiger partial charge in [0, 0.05) is 0 Å². The van der Waals surface area contributed by atoms with Crippen molar-refractivity contribution in [2.24, 2.45) is 0 Å². The van der Waals surface area contributed by atoms with Gasteiger partial charge in [-0.15, -0.1) is 0 Å². The lowest BCUT2D eigenvalue weighted by atomic mass is 10.3. The van der Waals surface area contributed by atoms with Crippen LogP contribution in [-0.2, 0) is 11.2 Å². The molecule has 0 amide bonds. The van der Waals surface area contributed by atoms with Gasteiger partial charge >= 0.3 is 5.97 Å². The van der Waals surface area contributed by atoms with Crippen LogP contribution in [0.4, 0.5) is 0 Å². The summed E-state index contributed by atoms with van der Waals surface area (Å²) in [5.41, 5.74) is 0.630. The van der Waals surface area contributed by atoms with Crippen LogP contribution in [0.3, 0.4) is 0 Å². The van der Waals surface area contributed by atoms with Crippen LogP contribution in [0.15, 0.2) is 10.7 Å². The molecule has 1 heterocycles. The lowest BCUT2D eigenvalue weighted by Gasteiger charge is -1.96. The van der Waals surface area contributed by atoms with Crippen molar-refractivity contribution in [2.45, 2.75) is 19.4 Å². The average molecular weight is 171 g/mol. The Kier molecular flexibility index (Phi) is 2.44. The highest BCUT2D eigenvalue weighted by molar-refractivity contribution is 5.72. The minimum atomic E-state index is -1.66. The maximum Gasteiger partial charge on any atom is 0.342 e. The van der Waals surface area contributed by atoms with Gasteiger partial charge in [0.25, 0.3) is 0 Å². The smallest absolute Gasteiger partial charge is 0.342 e. The van der Waals surface area contributed by atoms with E-state index in [0.29, 0.717) is 12.1 Å². The fraction of sp³-hybridized carbons (Fsp3) is 0.429. The fourth-order valence-electron chi connectivity index (χ4n) is 0.716. The summed E-state index contributed by atoms with van der Waals surface area (Å²) < 4.78 is 4.74. The first-order valence-electron chi connectivity index (χ1n) is 3.50. The molecule has 0 fully saturated rings. The third-order valence-corrected chi connectivity index (χ3v) is 1.40. The number of oxazole rings is 1. The van der Waals surface area contributed by atoms with Crippen LogP contribution in [0.2, 0.25) is 0 Å². The first kappa shape index (κ1) is 8.73. The Bertz CT molecular complexity index is 281. The number of aryl methyl sites for hydroxylation is 1. The minimum Gasteiger partial charge on any atom is -0.479 e. The monoisotopic (exact) mass is 171 g/mol. The number of hydrogen-bond donors (Lipinski definition) is 2. The summed E-state index contributed by atoms with van der Waals surface area (Å²) in [6, 6.07) is 0. The molecule has 0 aliphatic heterocycles. The first-order valence-corrected chi connectivity index (χ1v) is 3.50. The van der Waals surface area contributed by atoms with Gasteiger partial charge in [0.2, 0.25) is 12.0 Å². The van der Waals surface area contributed by atoms with Gasteiger partial charge in [-0.05, 0) is 6.42 Å². The molecule has 66 valence electrons. The van der Waals surface area contributed by atoms with E-state index in [9.17, 15) is 4.79 Å². The maximum absolute atomic E-state index is 10.2. The van der Waals surface area contributed by atoms with Crippen molar-refractivity contribution < 1.29 is 19.4 Å². The number of rotatable bonds is 3. The second-order valence-electron chi connectivity index (χ2n) is 2.27. The minimum absolute atomic E-state index is 0.167. The highest BCUT2D eigenvalue weighted by atomic mass is 16.4. The fourth-order valence-corrected chi connectivity index (χ4v) is 0.716. The number of aliphatic carboxylic acids is 1. The lowest BCUT2D eigenvalue weighted by molar-refractivity contribution is -0.148. The van der Waals surface area contributed by atoms with E-state index in [-0.39, 0.29) is 5.89 Å². The van der Waals surface area contributed by atoms with E-state index in [1.807, 2.05) is 6.92 Å². The third-order valence-electron chi connectivity index (χ3n) is 1.40. The Morgan fingerprint density at radius 1 is 1.83 bits per heavy atom. The molecule has 1 rings (SSSR count). The highest BCUT2D eigenvalue weighted by Crippen LogP contribution is 2.12. The van der Waals surface area contributed by atoms with Crippen molar-refractivity contribution >= 4 is 5.97 Å². The van der Waals surface area contributed by atoms with E-state index in [1.165, 1.54) is 6.26 Å². The third kappa shape index (κ3) is 1.62. The largest absolute Gasteiger partial charge is 0.479 e. The first-order chi connectivity index (χ1) is 5.65. The standard InChI is InChI=1S/C7H9NO4/c1-2-4-3-12-6(8-4)5(9)7(10)11/h3,5,9H,2H2,1H3,(H,10,11). The molecule has 0 aliphatic carbocycles. The van der Waals surface area contributed by atoms with E-state index in [0.717, 1.165) is 0 Å². The van der Waals surface area contributed by atoms with E-state index in [1.54, 1.807) is 0 Å². The van der Waals surface area contributed by atoms with Gasteiger partial charge in [0.05, 0.1) is 5.69 Å². The van der Waals surface area contributed by atoms with Crippen LogP contribution in [0.25, 0.3) is 0 Å². The summed E-state index contributed by atoms with van der Waals surface area (Å²) in [6.07, 6.45) is 0.322. The van der Waals surface area contributed by atoms with Crippen LogP contribution in [-0.4, -0.2) is 21.2 Å². The normalized spacial score (nSPS) is 12.8. The zero-order chi connectivity index (χ0) is 9.14. The number of carboxylic acids is 1. The van der Waals surface area contributed by atoms with Crippen LogP contribution in [0.1, 0.15) is 24.6 Å². The Morgan fingerprint density at radius 3 is 2.92 bits per heavy atom. The number of aromatic nitrogens is 1. The predicted molar refractivity (Wildman–Crippen MR) is 38.5 cm³/mol. The molecule has 1 aromatic heterocycles. The second kappa shape index (κ2) is 3.36. The summed E-state index contributed by atoms with van der Waals surface area (Å²) in [5.74, 6) is -1.53. The van der Waals surface area contributed by atoms with E-state index in [2.05, 4.69) is 4.98 Å². The van der Waals surface area contributed by atoms with Gasteiger partial charge in [-0.1, -0.05) is 6.92 Å². The van der Waals surface area contributed by atoms with Gasteiger partial charge in [-0.2, -0.15) is 0 Å². The molecule has 1 unspecified atom stereocenters. The Balaban J connectivity index is 2.81. The van der Waals surface area contributed by atoms with Crippen molar-refractivity contribution in [2.75, 3.05) is 0 Å². The van der Waals surface area contributed by atoms with E-state index >= 15 is 0 Å². The Hall–Kier alpha value is -1.36. The number of carbonyl (C=O) groups is 1. The van der Waals surface area contributed by atoms with E-state index in [4.69, 9.17) is 14.6 Å². The molecule has 0 saturated carbocycles. The van der Waals surface area contributed by atoms with Crippen LogP contribution in [0.5, 0.6) is 0 Å². The van der Waals surface area contributed by atoms with E-state index < -0.39 is 12.1 Å². The maximum atomic E-state index is 10.2. The number of carboxylic acid groups (broad SMARTS) is 1. The van der Waals surface area contributed by atoms with Crippen molar-refractivity contribution in [3.63, 3.8) is 0 Å². The number of aliphatic hydroxyl groups is 1. The zero-order valence-corrected chi connectivity index (χ0v) is 6.52. The van der Waals surface area contributed by atoms with Crippen molar-refractivity contribution in [1.29, 1.82) is 0 Å². The van der Waals surface area contributed by atoms with Crippen molar-refractivity contribution in [3.8, 4) is 0 Å². The molecule has 0 spiro atoms. The highest BCUT2D eigenvalue weighted by Gasteiger charge is 2.21. The average Bonchev–Trinajstić information content (AvgIpc) is 2.50. The molecule has 0 aromatic carbocycles. The van der Waals surface area contributed by atoms with Gasteiger partial charge in [0.1, 0.15) is 6.26 Å². The molecular formula is C7H9NO4. The lowest BCUT2D eigenvalue weighted by Crippen LogP contribution is -2.10. The van der Waals surface area contributed by atoms with Gasteiger partial charge in [-0.3, -0.25) is 0 Å². The van der Waals surface area contributed by atoms with Gasteiger partial charge in [-0.25, -0.2) is 9.78 Å². The van der Waals surface area contributed by atoms with Crippen molar-refractivity contribution in [1.82, 2.24) is 4.98 Å². The molecule has 0 radical (unpaired) electrons.